The van der Waals surface area contributed by atoms with Crippen LogP contribution in [0.3, 0.4) is 0 Å². The van der Waals surface area contributed by atoms with Crippen LogP contribution < -0.4 is 0 Å². The molecule has 0 saturated heterocycles. The fourth-order valence-corrected chi connectivity index (χ4v) is 0. The van der Waals surface area contributed by atoms with Crippen LogP contribution in [0.4, 0.5) is 0 Å². The monoisotopic (exact) mass is 138 g/mol. The van der Waals surface area contributed by atoms with Gasteiger partial charge < -0.3 is 20.4 Å². The smallest absolute Gasteiger partial charge is 0.300 e. The lowest BCUT2D eigenvalue weighted by Gasteiger charge is -2.01. The first-order valence-electron chi connectivity index (χ1n) is 2.10. The van der Waals surface area contributed by atoms with Crippen molar-refractivity contribution in [2.24, 2.45) is 0 Å². The molecule has 0 atom stereocenters. The number of carboxylic acid groups (broad SMARTS) is 1. The van der Waals surface area contributed by atoms with E-state index in [1.54, 1.807) is 0 Å². The lowest BCUT2D eigenvalue weighted by Crippen LogP contribution is -2.20. The maximum Gasteiger partial charge on any atom is 0.300 e. The maximum atomic E-state index is 9.00. The van der Waals surface area contributed by atoms with Crippen LogP contribution in [0.15, 0.2) is 0 Å². The molecule has 5 heteroatoms. The van der Waals surface area contributed by atoms with Crippen LogP contribution in [0.5, 0.6) is 0 Å². The van der Waals surface area contributed by atoms with Crippen molar-refractivity contribution in [2.45, 2.75) is 19.8 Å². The molecule has 4 N–H and O–H groups in total. The second-order valence-corrected chi connectivity index (χ2v) is 1.49. The van der Waals surface area contributed by atoms with Crippen molar-refractivity contribution in [1.82, 2.24) is 0 Å². The minimum atomic E-state index is -2.50. The van der Waals surface area contributed by atoms with Gasteiger partial charge in [-0.3, -0.25) is 4.79 Å². The van der Waals surface area contributed by atoms with Crippen molar-refractivity contribution in [1.29, 1.82) is 0 Å². The Kier molecular flexibility index (Phi) is 5.28. The van der Waals surface area contributed by atoms with Crippen molar-refractivity contribution in [3.8, 4) is 0 Å². The third-order valence-corrected chi connectivity index (χ3v) is 0. The zero-order valence-electron chi connectivity index (χ0n) is 5.20. The molecule has 0 aliphatic heterocycles. The first kappa shape index (κ1) is 11.2. The lowest BCUT2D eigenvalue weighted by atomic mass is 10.7. The molecule has 0 amide bonds. The van der Waals surface area contributed by atoms with E-state index in [1.807, 2.05) is 0 Å². The highest BCUT2D eigenvalue weighted by Crippen LogP contribution is 1.82. The average molecular weight is 138 g/mol. The molecule has 0 aromatic heterocycles. The molecule has 56 valence electrons. The fraction of sp³-hybridized carbons (Fsp3) is 0.750. The minimum Gasteiger partial charge on any atom is -0.481 e. The van der Waals surface area contributed by atoms with Crippen molar-refractivity contribution >= 4 is 5.97 Å². The molecule has 0 bridgehead atoms. The van der Waals surface area contributed by atoms with Gasteiger partial charge in [0.1, 0.15) is 0 Å². The van der Waals surface area contributed by atoms with Gasteiger partial charge in [-0.15, -0.1) is 0 Å². The highest BCUT2D eigenvalue weighted by molar-refractivity contribution is 5.62. The number of carboxylic acids is 1. The number of rotatable bonds is 0. The van der Waals surface area contributed by atoms with Gasteiger partial charge in [-0.05, 0) is 0 Å². The Morgan fingerprint density at radius 2 is 1.33 bits per heavy atom. The van der Waals surface area contributed by atoms with E-state index in [2.05, 4.69) is 0 Å². The van der Waals surface area contributed by atoms with Crippen LogP contribution in [-0.2, 0) is 4.79 Å². The molecule has 0 radical (unpaired) electrons. The quantitative estimate of drug-likeness (QED) is 0.313. The van der Waals surface area contributed by atoms with Gasteiger partial charge in [0, 0.05) is 13.8 Å². The molecule has 0 aliphatic rings. The van der Waals surface area contributed by atoms with Crippen LogP contribution in [0.25, 0.3) is 0 Å². The number of aliphatic hydroxyl groups is 3. The molecule has 0 rings (SSSR count). The van der Waals surface area contributed by atoms with Crippen LogP contribution in [0, 0.1) is 0 Å². The largest absolute Gasteiger partial charge is 0.481 e. The second-order valence-electron chi connectivity index (χ2n) is 1.49. The molecule has 0 spiro atoms. The number of hydrogen-bond acceptors (Lipinski definition) is 4. The van der Waals surface area contributed by atoms with Gasteiger partial charge in [0.15, 0.2) is 0 Å². The van der Waals surface area contributed by atoms with E-state index in [4.69, 9.17) is 25.2 Å². The van der Waals surface area contributed by atoms with E-state index >= 15 is 0 Å². The van der Waals surface area contributed by atoms with E-state index in [0.717, 1.165) is 13.8 Å². The van der Waals surface area contributed by atoms with Crippen LogP contribution in [0.1, 0.15) is 13.8 Å². The first-order chi connectivity index (χ1) is 3.73. The summed E-state index contributed by atoms with van der Waals surface area (Å²) in [6.45, 7) is 1.94. The third kappa shape index (κ3) is 498. The van der Waals surface area contributed by atoms with Gasteiger partial charge in [-0.1, -0.05) is 0 Å². The zero-order valence-corrected chi connectivity index (χ0v) is 5.20. The Balaban J connectivity index is 0. The van der Waals surface area contributed by atoms with Gasteiger partial charge in [0.05, 0.1) is 0 Å². The second kappa shape index (κ2) is 4.25. The highest BCUT2D eigenvalue weighted by atomic mass is 16.7. The number of aliphatic carboxylic acids is 1. The molecule has 0 aromatic carbocycles. The summed E-state index contributed by atoms with van der Waals surface area (Å²) in [4.78, 5) is 9.00. The number of hydrogen-bond donors (Lipinski definition) is 4. The predicted molar refractivity (Wildman–Crippen MR) is 28.4 cm³/mol. The topological polar surface area (TPSA) is 98.0 Å². The third-order valence-electron chi connectivity index (χ3n) is 0. The van der Waals surface area contributed by atoms with E-state index in [-0.39, 0.29) is 0 Å². The molecular formula is C4H10O5. The summed E-state index contributed by atoms with van der Waals surface area (Å²) < 4.78 is 0. The molecule has 0 fully saturated rings. The Morgan fingerprint density at radius 3 is 1.33 bits per heavy atom. The van der Waals surface area contributed by atoms with E-state index in [9.17, 15) is 0 Å². The molecule has 9 heavy (non-hydrogen) atoms. The molecule has 5 nitrogen and oxygen atoms in total. The molecule has 0 aromatic rings. The molecule has 0 heterocycles. The average Bonchev–Trinajstić information content (AvgIpc) is 1.19. The van der Waals surface area contributed by atoms with Gasteiger partial charge >= 0.3 is 0 Å². The molecule has 0 unspecified atom stereocenters. The Hall–Kier alpha value is -0.650. The summed E-state index contributed by atoms with van der Waals surface area (Å²) in [7, 11) is 0. The van der Waals surface area contributed by atoms with Crippen molar-refractivity contribution < 1.29 is 25.2 Å². The highest BCUT2D eigenvalue weighted by Gasteiger charge is 2.03. The van der Waals surface area contributed by atoms with E-state index in [1.165, 1.54) is 0 Å². The van der Waals surface area contributed by atoms with Gasteiger partial charge in [0.2, 0.25) is 0 Å². The van der Waals surface area contributed by atoms with Gasteiger partial charge in [0.25, 0.3) is 11.9 Å². The molecular weight excluding hydrogens is 128 g/mol. The van der Waals surface area contributed by atoms with E-state index < -0.39 is 11.9 Å². The predicted octanol–water partition coefficient (Wildman–Crippen LogP) is -1.27. The standard InChI is InChI=1S/C2H6O3.C2H4O2/c1-2(3,4)5;1-2(3)4/h3-5H,1H3;1H3,(H,3,4). The van der Waals surface area contributed by atoms with Gasteiger partial charge in [-0.25, -0.2) is 0 Å². The van der Waals surface area contributed by atoms with Gasteiger partial charge in [-0.2, -0.15) is 0 Å². The van der Waals surface area contributed by atoms with Crippen molar-refractivity contribution in [3.05, 3.63) is 0 Å². The van der Waals surface area contributed by atoms with Crippen LogP contribution >= 0.6 is 0 Å². The maximum absolute atomic E-state index is 9.00. The first-order valence-corrected chi connectivity index (χ1v) is 2.10. The fourth-order valence-electron chi connectivity index (χ4n) is 0. The lowest BCUT2D eigenvalue weighted by molar-refractivity contribution is -0.297. The van der Waals surface area contributed by atoms with Crippen molar-refractivity contribution in [3.63, 3.8) is 0 Å². The Morgan fingerprint density at radius 1 is 1.33 bits per heavy atom. The summed E-state index contributed by atoms with van der Waals surface area (Å²) in [5.74, 6) is -3.33. The van der Waals surface area contributed by atoms with Crippen LogP contribution in [0.2, 0.25) is 0 Å². The summed E-state index contributed by atoms with van der Waals surface area (Å²) in [5.41, 5.74) is 0. The minimum absolute atomic E-state index is 0.833. The Bertz CT molecular complexity index is 71.4. The van der Waals surface area contributed by atoms with Crippen molar-refractivity contribution in [2.75, 3.05) is 0 Å². The van der Waals surface area contributed by atoms with E-state index in [0.29, 0.717) is 0 Å². The molecule has 0 saturated carbocycles. The summed E-state index contributed by atoms with van der Waals surface area (Å²) in [5, 5.41) is 30.3. The zero-order chi connectivity index (χ0) is 8.08. The summed E-state index contributed by atoms with van der Waals surface area (Å²) >= 11 is 0. The summed E-state index contributed by atoms with van der Waals surface area (Å²) in [6.07, 6.45) is 0. The Labute approximate surface area is 52.2 Å². The normalized spacial score (nSPS) is 9.44. The molecule has 0 aliphatic carbocycles. The van der Waals surface area contributed by atoms with Crippen LogP contribution in [-0.4, -0.2) is 32.4 Å². The summed E-state index contributed by atoms with van der Waals surface area (Å²) in [6, 6.07) is 0. The number of carbonyl (C=O) groups is 1. The SMILES string of the molecule is CC(=O)O.CC(O)(O)O.